The zero-order valence-corrected chi connectivity index (χ0v) is 11.4. The monoisotopic (exact) mass is 267 g/mol. The fourth-order valence-electron chi connectivity index (χ4n) is 1.36. The van der Waals surface area contributed by atoms with Gasteiger partial charge in [-0.3, -0.25) is 9.59 Å². The molecule has 1 aromatic carbocycles. The molecule has 0 spiro atoms. The molecule has 1 amide bonds. The fourth-order valence-corrected chi connectivity index (χ4v) is 2.16. The van der Waals surface area contributed by atoms with E-state index in [2.05, 4.69) is 16.1 Å². The van der Waals surface area contributed by atoms with Crippen molar-refractivity contribution >= 4 is 23.6 Å². The summed E-state index contributed by atoms with van der Waals surface area (Å²) >= 11 is 1.52. The summed E-state index contributed by atoms with van der Waals surface area (Å²) in [7, 11) is 1.29. The predicted octanol–water partition coefficient (Wildman–Crippen LogP) is 1.52. The van der Waals surface area contributed by atoms with Crippen molar-refractivity contribution < 1.29 is 14.3 Å². The lowest BCUT2D eigenvalue weighted by Gasteiger charge is -2.04. The lowest BCUT2D eigenvalue weighted by Crippen LogP contribution is -2.31. The molecule has 0 fully saturated rings. The Labute approximate surface area is 111 Å². The van der Waals surface area contributed by atoms with E-state index in [1.165, 1.54) is 30.0 Å². The largest absolute Gasteiger partial charge is 0.468 e. The van der Waals surface area contributed by atoms with Gasteiger partial charge in [0.25, 0.3) is 0 Å². The Balaban J connectivity index is 2.21. The Morgan fingerprint density at radius 2 is 2.17 bits per heavy atom. The number of thioether (sulfide) groups is 1. The van der Waals surface area contributed by atoms with Crippen molar-refractivity contribution in [3.63, 3.8) is 0 Å². The van der Waals surface area contributed by atoms with E-state index in [-0.39, 0.29) is 12.5 Å². The van der Waals surface area contributed by atoms with Gasteiger partial charge in [0.15, 0.2) is 0 Å². The van der Waals surface area contributed by atoms with E-state index in [1.807, 2.05) is 25.1 Å². The standard InChI is InChI=1S/C13H17NO3S/c1-10-4-3-5-11(6-10)8-18-9-12(15)14-7-13(16)17-2/h3-6H,7-9H2,1-2H3,(H,14,15). The minimum absolute atomic E-state index is 0.0691. The average molecular weight is 267 g/mol. The van der Waals surface area contributed by atoms with Crippen molar-refractivity contribution in [3.05, 3.63) is 35.4 Å². The maximum Gasteiger partial charge on any atom is 0.325 e. The van der Waals surface area contributed by atoms with Crippen LogP contribution in [-0.2, 0) is 20.1 Å². The molecule has 4 nitrogen and oxygen atoms in total. The van der Waals surface area contributed by atoms with E-state index in [1.54, 1.807) is 0 Å². The molecule has 0 aliphatic rings. The number of esters is 1. The molecular formula is C13H17NO3S. The minimum atomic E-state index is -0.438. The number of ether oxygens (including phenoxy) is 1. The van der Waals surface area contributed by atoms with Gasteiger partial charge in [0.2, 0.25) is 5.91 Å². The van der Waals surface area contributed by atoms with Crippen LogP contribution in [0.2, 0.25) is 0 Å². The Kier molecular flexibility index (Phi) is 6.28. The van der Waals surface area contributed by atoms with E-state index in [0.717, 1.165) is 5.75 Å². The second kappa shape index (κ2) is 7.76. The predicted molar refractivity (Wildman–Crippen MR) is 72.4 cm³/mol. The van der Waals surface area contributed by atoms with E-state index in [4.69, 9.17) is 0 Å². The number of methoxy groups -OCH3 is 1. The van der Waals surface area contributed by atoms with Gasteiger partial charge in [0.05, 0.1) is 12.9 Å². The zero-order chi connectivity index (χ0) is 13.4. The van der Waals surface area contributed by atoms with Crippen molar-refractivity contribution in [1.29, 1.82) is 0 Å². The van der Waals surface area contributed by atoms with Crippen molar-refractivity contribution in [2.75, 3.05) is 19.4 Å². The van der Waals surface area contributed by atoms with Crippen LogP contribution in [0, 0.1) is 6.92 Å². The van der Waals surface area contributed by atoms with Crippen LogP contribution in [0.5, 0.6) is 0 Å². The Morgan fingerprint density at radius 3 is 2.83 bits per heavy atom. The fraction of sp³-hybridized carbons (Fsp3) is 0.385. The number of hydrogen-bond donors (Lipinski definition) is 1. The minimum Gasteiger partial charge on any atom is -0.468 e. The highest BCUT2D eigenvalue weighted by Crippen LogP contribution is 2.12. The Hall–Kier alpha value is -1.49. The first kappa shape index (κ1) is 14.6. The third kappa shape index (κ3) is 5.72. The summed E-state index contributed by atoms with van der Waals surface area (Å²) in [5.74, 6) is 0.531. The molecule has 18 heavy (non-hydrogen) atoms. The van der Waals surface area contributed by atoms with Gasteiger partial charge in [-0.2, -0.15) is 0 Å². The molecule has 0 heterocycles. The number of carbonyl (C=O) groups excluding carboxylic acids is 2. The number of benzene rings is 1. The first-order valence-electron chi connectivity index (χ1n) is 5.58. The molecule has 1 rings (SSSR count). The van der Waals surface area contributed by atoms with E-state index < -0.39 is 5.97 Å². The van der Waals surface area contributed by atoms with Gasteiger partial charge in [0, 0.05) is 5.75 Å². The second-order valence-corrected chi connectivity index (χ2v) is 4.82. The first-order chi connectivity index (χ1) is 8.61. The lowest BCUT2D eigenvalue weighted by atomic mass is 10.2. The molecule has 1 aromatic rings. The van der Waals surface area contributed by atoms with Crippen LogP contribution in [0.3, 0.4) is 0 Å². The third-order valence-corrected chi connectivity index (χ3v) is 3.25. The van der Waals surface area contributed by atoms with Crippen LogP contribution >= 0.6 is 11.8 Å². The quantitative estimate of drug-likeness (QED) is 0.794. The van der Waals surface area contributed by atoms with Crippen molar-refractivity contribution in [1.82, 2.24) is 5.32 Å². The van der Waals surface area contributed by atoms with Crippen LogP contribution in [0.25, 0.3) is 0 Å². The van der Waals surface area contributed by atoms with Gasteiger partial charge >= 0.3 is 5.97 Å². The van der Waals surface area contributed by atoms with Crippen LogP contribution in [0.4, 0.5) is 0 Å². The SMILES string of the molecule is COC(=O)CNC(=O)CSCc1cccc(C)c1. The molecule has 0 saturated carbocycles. The van der Waals surface area contributed by atoms with Crippen LogP contribution in [0.1, 0.15) is 11.1 Å². The number of hydrogen-bond acceptors (Lipinski definition) is 4. The normalized spacial score (nSPS) is 9.89. The van der Waals surface area contributed by atoms with Crippen LogP contribution < -0.4 is 5.32 Å². The van der Waals surface area contributed by atoms with Crippen molar-refractivity contribution in [2.24, 2.45) is 0 Å². The highest BCUT2D eigenvalue weighted by Gasteiger charge is 2.05. The van der Waals surface area contributed by atoms with E-state index in [0.29, 0.717) is 5.75 Å². The molecule has 0 bridgehead atoms. The number of amides is 1. The molecule has 98 valence electrons. The van der Waals surface area contributed by atoms with Crippen LogP contribution in [0.15, 0.2) is 24.3 Å². The number of rotatable bonds is 6. The number of nitrogens with one attached hydrogen (secondary N) is 1. The molecule has 0 aliphatic carbocycles. The van der Waals surface area contributed by atoms with Crippen molar-refractivity contribution in [3.8, 4) is 0 Å². The summed E-state index contributed by atoms with van der Waals surface area (Å²) in [6.07, 6.45) is 0. The van der Waals surface area contributed by atoms with Gasteiger partial charge in [-0.1, -0.05) is 29.8 Å². The number of carbonyl (C=O) groups is 2. The van der Waals surface area contributed by atoms with Gasteiger partial charge in [0.1, 0.15) is 6.54 Å². The summed E-state index contributed by atoms with van der Waals surface area (Å²) < 4.78 is 4.43. The van der Waals surface area contributed by atoms with Crippen molar-refractivity contribution in [2.45, 2.75) is 12.7 Å². The maximum atomic E-state index is 11.4. The summed E-state index contributed by atoms with van der Waals surface area (Å²) in [5, 5.41) is 2.50. The van der Waals surface area contributed by atoms with Gasteiger partial charge in [-0.05, 0) is 12.5 Å². The smallest absolute Gasteiger partial charge is 0.325 e. The molecule has 0 aromatic heterocycles. The topological polar surface area (TPSA) is 55.4 Å². The molecule has 1 N–H and O–H groups in total. The molecule has 0 saturated heterocycles. The highest BCUT2D eigenvalue weighted by atomic mass is 32.2. The van der Waals surface area contributed by atoms with E-state index >= 15 is 0 Å². The molecule has 0 unspecified atom stereocenters. The summed E-state index contributed by atoms with van der Waals surface area (Å²) in [5.41, 5.74) is 2.41. The average Bonchev–Trinajstić information content (AvgIpc) is 2.36. The third-order valence-electron chi connectivity index (χ3n) is 2.24. The molecule has 5 heteroatoms. The summed E-state index contributed by atoms with van der Waals surface area (Å²) in [6, 6.07) is 8.17. The lowest BCUT2D eigenvalue weighted by molar-refractivity contribution is -0.140. The van der Waals surface area contributed by atoms with E-state index in [9.17, 15) is 9.59 Å². The van der Waals surface area contributed by atoms with Crippen LogP contribution in [-0.4, -0.2) is 31.3 Å². The molecule has 0 aliphatic heterocycles. The highest BCUT2D eigenvalue weighted by molar-refractivity contribution is 7.99. The number of aryl methyl sites for hydroxylation is 1. The molecular weight excluding hydrogens is 250 g/mol. The molecule has 0 radical (unpaired) electrons. The van der Waals surface area contributed by atoms with Gasteiger partial charge < -0.3 is 10.1 Å². The Morgan fingerprint density at radius 1 is 1.39 bits per heavy atom. The maximum absolute atomic E-state index is 11.4. The first-order valence-corrected chi connectivity index (χ1v) is 6.74. The summed E-state index contributed by atoms with van der Waals surface area (Å²) in [4.78, 5) is 22.2. The second-order valence-electron chi connectivity index (χ2n) is 3.83. The zero-order valence-electron chi connectivity index (χ0n) is 10.6. The molecule has 0 atom stereocenters. The Bertz CT molecular complexity index is 420. The van der Waals surface area contributed by atoms with Gasteiger partial charge in [-0.15, -0.1) is 11.8 Å². The summed E-state index contributed by atoms with van der Waals surface area (Å²) in [6.45, 7) is 1.97. The van der Waals surface area contributed by atoms with Gasteiger partial charge in [-0.25, -0.2) is 0 Å².